The van der Waals surface area contributed by atoms with Crippen LogP contribution in [0, 0.1) is 0 Å². The van der Waals surface area contributed by atoms with Gasteiger partial charge in [-0.05, 0) is 42.5 Å². The normalized spacial score (nSPS) is 19.1. The van der Waals surface area contributed by atoms with Gasteiger partial charge < -0.3 is 14.6 Å². The van der Waals surface area contributed by atoms with Crippen molar-refractivity contribution in [2.45, 2.75) is 31.6 Å². The fourth-order valence-electron chi connectivity index (χ4n) is 2.45. The molecule has 0 atom stereocenters. The molecule has 1 aromatic carbocycles. The summed E-state index contributed by atoms with van der Waals surface area (Å²) < 4.78 is 10.6. The van der Waals surface area contributed by atoms with Crippen molar-refractivity contribution >= 4 is 5.97 Å². The highest BCUT2D eigenvalue weighted by atomic mass is 16.7. The summed E-state index contributed by atoms with van der Waals surface area (Å²) >= 11 is 0. The van der Waals surface area contributed by atoms with Gasteiger partial charge in [0, 0.05) is 0 Å². The van der Waals surface area contributed by atoms with Crippen molar-refractivity contribution in [1.29, 1.82) is 0 Å². The van der Waals surface area contributed by atoms with Gasteiger partial charge >= 0.3 is 5.97 Å². The second kappa shape index (κ2) is 3.39. The lowest BCUT2D eigenvalue weighted by atomic mass is 9.90. The van der Waals surface area contributed by atoms with Crippen LogP contribution in [-0.4, -0.2) is 17.9 Å². The molecule has 17 heavy (non-hydrogen) atoms. The monoisotopic (exact) mass is 234 g/mol. The van der Waals surface area contributed by atoms with E-state index in [2.05, 4.69) is 0 Å². The van der Waals surface area contributed by atoms with Gasteiger partial charge in [-0.25, -0.2) is 0 Å². The molecule has 90 valence electrons. The molecule has 0 radical (unpaired) electrons. The van der Waals surface area contributed by atoms with Crippen LogP contribution in [0.2, 0.25) is 0 Å². The van der Waals surface area contributed by atoms with E-state index in [1.807, 2.05) is 19.1 Å². The highest BCUT2D eigenvalue weighted by molar-refractivity contribution is 5.86. The number of fused-ring (bicyclic) bond motifs is 1. The van der Waals surface area contributed by atoms with Crippen LogP contribution in [-0.2, 0) is 16.6 Å². The van der Waals surface area contributed by atoms with E-state index >= 15 is 0 Å². The number of hydrogen-bond acceptors (Lipinski definition) is 3. The van der Waals surface area contributed by atoms with E-state index in [-0.39, 0.29) is 6.79 Å². The van der Waals surface area contributed by atoms with Crippen LogP contribution < -0.4 is 9.47 Å². The molecule has 3 rings (SSSR count). The predicted octanol–water partition coefficient (Wildman–Crippen LogP) is 2.09. The summed E-state index contributed by atoms with van der Waals surface area (Å²) in [5, 5.41) is 9.35. The Labute approximate surface area is 99.2 Å². The molecule has 0 saturated heterocycles. The van der Waals surface area contributed by atoms with Gasteiger partial charge in [-0.1, -0.05) is 6.92 Å². The maximum Gasteiger partial charge on any atom is 0.314 e. The van der Waals surface area contributed by atoms with Crippen molar-refractivity contribution in [2.75, 3.05) is 6.79 Å². The molecule has 1 saturated carbocycles. The second-order valence-electron chi connectivity index (χ2n) is 4.60. The van der Waals surface area contributed by atoms with E-state index in [4.69, 9.17) is 9.47 Å². The molecule has 1 fully saturated rings. The number of hydrogen-bond donors (Lipinski definition) is 1. The van der Waals surface area contributed by atoms with E-state index < -0.39 is 11.4 Å². The van der Waals surface area contributed by atoms with Crippen molar-refractivity contribution in [1.82, 2.24) is 0 Å². The molecule has 4 nitrogen and oxygen atoms in total. The van der Waals surface area contributed by atoms with Gasteiger partial charge in [-0.2, -0.15) is 0 Å². The minimum absolute atomic E-state index is 0.224. The van der Waals surface area contributed by atoms with Crippen LogP contribution in [0.1, 0.15) is 30.9 Å². The third kappa shape index (κ3) is 1.40. The van der Waals surface area contributed by atoms with Crippen molar-refractivity contribution in [3.05, 3.63) is 23.3 Å². The number of ether oxygens (including phenoxy) is 2. The Balaban J connectivity index is 2.13. The van der Waals surface area contributed by atoms with Crippen molar-refractivity contribution in [3.63, 3.8) is 0 Å². The number of carbonyl (C=O) groups is 1. The highest BCUT2D eigenvalue weighted by Crippen LogP contribution is 2.52. The molecule has 1 aromatic rings. The van der Waals surface area contributed by atoms with Crippen LogP contribution in [0.5, 0.6) is 11.5 Å². The van der Waals surface area contributed by atoms with Gasteiger partial charge in [0.05, 0.1) is 5.41 Å². The van der Waals surface area contributed by atoms with Gasteiger partial charge in [-0.15, -0.1) is 0 Å². The maximum atomic E-state index is 11.4. The zero-order chi connectivity index (χ0) is 12.0. The highest BCUT2D eigenvalue weighted by Gasteiger charge is 2.53. The predicted molar refractivity (Wildman–Crippen MR) is 60.5 cm³/mol. The lowest BCUT2D eigenvalue weighted by molar-refractivity contribution is -0.140. The number of aliphatic carboxylic acids is 1. The molecule has 0 aromatic heterocycles. The summed E-state index contributed by atoms with van der Waals surface area (Å²) in [5.74, 6) is 0.669. The number of rotatable bonds is 3. The van der Waals surface area contributed by atoms with Crippen LogP contribution in [0.4, 0.5) is 0 Å². The summed E-state index contributed by atoms with van der Waals surface area (Å²) in [6, 6.07) is 3.77. The van der Waals surface area contributed by atoms with Crippen molar-refractivity contribution in [2.24, 2.45) is 0 Å². The molecular formula is C13H14O4. The fraction of sp³-hybridized carbons (Fsp3) is 0.462. The number of carboxylic acids is 1. The van der Waals surface area contributed by atoms with Crippen LogP contribution >= 0.6 is 0 Å². The summed E-state index contributed by atoms with van der Waals surface area (Å²) in [5.41, 5.74) is 1.28. The third-order valence-electron chi connectivity index (χ3n) is 3.65. The summed E-state index contributed by atoms with van der Waals surface area (Å²) in [4.78, 5) is 11.4. The lowest BCUT2D eigenvalue weighted by Crippen LogP contribution is -2.21. The van der Waals surface area contributed by atoms with E-state index in [9.17, 15) is 9.90 Å². The first kappa shape index (κ1) is 10.4. The fourth-order valence-corrected chi connectivity index (χ4v) is 2.45. The van der Waals surface area contributed by atoms with Crippen molar-refractivity contribution < 1.29 is 19.4 Å². The minimum Gasteiger partial charge on any atom is -0.481 e. The largest absolute Gasteiger partial charge is 0.481 e. The molecule has 0 amide bonds. The zero-order valence-corrected chi connectivity index (χ0v) is 9.66. The molecule has 0 unspecified atom stereocenters. The first-order chi connectivity index (χ1) is 8.17. The first-order valence-corrected chi connectivity index (χ1v) is 5.84. The number of carboxylic acid groups (broad SMARTS) is 1. The second-order valence-corrected chi connectivity index (χ2v) is 4.60. The Morgan fingerprint density at radius 3 is 2.53 bits per heavy atom. The molecule has 0 bridgehead atoms. The Bertz CT molecular complexity index is 488. The van der Waals surface area contributed by atoms with Gasteiger partial charge in [-0.3, -0.25) is 4.79 Å². The topological polar surface area (TPSA) is 55.8 Å². The van der Waals surface area contributed by atoms with Crippen LogP contribution in [0.15, 0.2) is 12.1 Å². The summed E-state index contributed by atoms with van der Waals surface area (Å²) in [6.07, 6.45) is 2.24. The van der Waals surface area contributed by atoms with E-state index in [1.165, 1.54) is 0 Å². The molecule has 2 aliphatic rings. The molecule has 1 N–H and O–H groups in total. The van der Waals surface area contributed by atoms with Gasteiger partial charge in [0.2, 0.25) is 6.79 Å². The van der Waals surface area contributed by atoms with E-state index in [0.717, 1.165) is 36.1 Å². The SMILES string of the molecule is CCc1cc2c(cc1C1(C(=O)O)CC1)OCO2. The molecule has 1 heterocycles. The van der Waals surface area contributed by atoms with Crippen LogP contribution in [0.3, 0.4) is 0 Å². The Morgan fingerprint density at radius 2 is 2.00 bits per heavy atom. The summed E-state index contributed by atoms with van der Waals surface area (Å²) in [6.45, 7) is 2.25. The number of benzene rings is 1. The molecule has 1 aliphatic carbocycles. The number of aryl methyl sites for hydroxylation is 1. The first-order valence-electron chi connectivity index (χ1n) is 5.84. The Kier molecular flexibility index (Phi) is 2.08. The van der Waals surface area contributed by atoms with Gasteiger partial charge in [0.15, 0.2) is 11.5 Å². The zero-order valence-electron chi connectivity index (χ0n) is 9.66. The van der Waals surface area contributed by atoms with Crippen molar-refractivity contribution in [3.8, 4) is 11.5 Å². The molecule has 4 heteroatoms. The lowest BCUT2D eigenvalue weighted by Gasteiger charge is -2.15. The Morgan fingerprint density at radius 1 is 1.35 bits per heavy atom. The van der Waals surface area contributed by atoms with Crippen LogP contribution in [0.25, 0.3) is 0 Å². The average molecular weight is 234 g/mol. The molecule has 0 spiro atoms. The summed E-state index contributed by atoms with van der Waals surface area (Å²) in [7, 11) is 0. The van der Waals surface area contributed by atoms with E-state index in [0.29, 0.717) is 5.75 Å². The van der Waals surface area contributed by atoms with E-state index in [1.54, 1.807) is 0 Å². The maximum absolute atomic E-state index is 11.4. The molecular weight excluding hydrogens is 220 g/mol. The molecule has 1 aliphatic heterocycles. The minimum atomic E-state index is -0.730. The average Bonchev–Trinajstić information content (AvgIpc) is 3.01. The standard InChI is InChI=1S/C13H14O4/c1-2-8-5-10-11(17-7-16-10)6-9(8)13(3-4-13)12(14)15/h5-6H,2-4,7H2,1H3,(H,14,15). The third-order valence-corrected chi connectivity index (χ3v) is 3.65. The smallest absolute Gasteiger partial charge is 0.314 e. The Hall–Kier alpha value is -1.71. The van der Waals surface area contributed by atoms with Gasteiger partial charge in [0.1, 0.15) is 0 Å². The quantitative estimate of drug-likeness (QED) is 0.870. The van der Waals surface area contributed by atoms with Gasteiger partial charge in [0.25, 0.3) is 0 Å².